The number of aliphatic hydroxyl groups excluding tert-OH is 1. The van der Waals surface area contributed by atoms with E-state index in [9.17, 15) is 19.6 Å². The van der Waals surface area contributed by atoms with Crippen molar-refractivity contribution >= 4 is 25.9 Å². The van der Waals surface area contributed by atoms with Crippen molar-refractivity contribution in [3.8, 4) is 5.75 Å². The number of aromatic nitrogens is 2. The first-order chi connectivity index (χ1) is 17.2. The number of aryl methyl sites for hydroxylation is 1. The fraction of sp³-hybridized carbons (Fsp3) is 0.522. The van der Waals surface area contributed by atoms with Crippen LogP contribution >= 0.6 is 20.0 Å². The Labute approximate surface area is 219 Å². The molecule has 0 saturated carbocycles. The average Bonchev–Trinajstić information content (AvgIpc) is 2.98. The van der Waals surface area contributed by atoms with Crippen LogP contribution in [0.25, 0.3) is 0 Å². The first-order valence-electron chi connectivity index (χ1n) is 11.5. The van der Waals surface area contributed by atoms with Crippen LogP contribution in [0.15, 0.2) is 42.6 Å². The quantitative estimate of drug-likeness (QED) is 0.224. The number of carbonyl (C=O) groups excluding carboxylic acids is 1. The lowest BCUT2D eigenvalue weighted by Gasteiger charge is -2.29. The van der Waals surface area contributed by atoms with Gasteiger partial charge in [-0.05, 0) is 65.0 Å². The van der Waals surface area contributed by atoms with Gasteiger partial charge in [-0.3, -0.25) is 13.9 Å². The van der Waals surface area contributed by atoms with E-state index < -0.39 is 56.3 Å². The highest BCUT2D eigenvalue weighted by atomic mass is 32.1. The summed E-state index contributed by atoms with van der Waals surface area (Å²) in [5.74, 6) is -3.69. The monoisotopic (exact) mass is 559 g/mol. The van der Waals surface area contributed by atoms with E-state index >= 15 is 4.39 Å². The summed E-state index contributed by atoms with van der Waals surface area (Å²) >= 11 is 5.20. The Hall–Kier alpha value is -2.25. The maximum absolute atomic E-state index is 16.0. The zero-order chi connectivity index (χ0) is 27.6. The number of halogens is 1. The van der Waals surface area contributed by atoms with Gasteiger partial charge in [0.15, 0.2) is 6.23 Å². The van der Waals surface area contributed by atoms with Crippen molar-refractivity contribution in [3.63, 3.8) is 0 Å². The number of nitrogens with zero attached hydrogens (tertiary/aromatic N) is 2. The molecule has 1 aromatic carbocycles. The number of hydrogen-bond acceptors (Lipinski definition) is 10. The number of alkyl halides is 1. The van der Waals surface area contributed by atoms with Crippen LogP contribution in [0.3, 0.4) is 0 Å². The molecule has 3 N–H and O–H groups in total. The van der Waals surface area contributed by atoms with E-state index in [1.54, 1.807) is 45.0 Å². The van der Waals surface area contributed by atoms with Crippen LogP contribution in [0.1, 0.15) is 39.6 Å². The van der Waals surface area contributed by atoms with E-state index in [1.807, 2.05) is 0 Å². The van der Waals surface area contributed by atoms with Crippen molar-refractivity contribution in [2.45, 2.75) is 70.6 Å². The molecule has 0 aliphatic carbocycles. The van der Waals surface area contributed by atoms with Crippen LogP contribution in [0, 0.1) is 11.7 Å². The lowest BCUT2D eigenvalue weighted by atomic mass is 9.95. The van der Waals surface area contributed by atoms with Gasteiger partial charge < -0.3 is 24.2 Å². The van der Waals surface area contributed by atoms with Crippen LogP contribution in [0.5, 0.6) is 5.75 Å². The molecule has 1 aromatic heterocycles. The average molecular weight is 560 g/mol. The van der Waals surface area contributed by atoms with E-state index in [0.29, 0.717) is 5.69 Å². The standard InChI is InChI=1S/C23H31FN3O8PS/c1-14(2)33-18(28)16(4)26-36(31,35-17-9-7-6-8-10-17)32-13-23(24)19(29)22(5,30)20(34-23)27-12-11-15(3)25-21(27)37/h6-12,14,16,19-20,29-30H,13H2,1-5H3,(H,26,31). The molecule has 204 valence electrons. The number of esters is 1. The Morgan fingerprint density at radius 1 is 1.32 bits per heavy atom. The van der Waals surface area contributed by atoms with Crippen molar-refractivity contribution in [1.82, 2.24) is 14.6 Å². The van der Waals surface area contributed by atoms with Gasteiger partial charge in [-0.25, -0.2) is 13.9 Å². The summed E-state index contributed by atoms with van der Waals surface area (Å²) in [6.45, 7) is 6.37. The Kier molecular flexibility index (Phi) is 8.90. The van der Waals surface area contributed by atoms with Gasteiger partial charge in [0.05, 0.1) is 6.10 Å². The van der Waals surface area contributed by atoms with Crippen molar-refractivity contribution in [2.24, 2.45) is 0 Å². The van der Waals surface area contributed by atoms with Gasteiger partial charge in [-0.1, -0.05) is 18.2 Å². The molecule has 6 atom stereocenters. The largest absolute Gasteiger partial charge is 0.462 e. The van der Waals surface area contributed by atoms with Gasteiger partial charge in [-0.15, -0.1) is 0 Å². The minimum atomic E-state index is -4.47. The number of aliphatic hydroxyl groups is 2. The third-order valence-corrected chi connectivity index (χ3v) is 7.37. The molecule has 2 aromatic rings. The van der Waals surface area contributed by atoms with Crippen molar-refractivity contribution in [2.75, 3.05) is 6.61 Å². The van der Waals surface area contributed by atoms with Crippen LogP contribution < -0.4 is 9.61 Å². The highest BCUT2D eigenvalue weighted by molar-refractivity contribution is 7.71. The van der Waals surface area contributed by atoms with E-state index in [4.69, 9.17) is 30.7 Å². The van der Waals surface area contributed by atoms with Crippen LogP contribution in [-0.2, 0) is 23.4 Å². The predicted molar refractivity (Wildman–Crippen MR) is 133 cm³/mol. The SMILES string of the molecule is Cc1ccn(C2OC(F)(COP(=O)(NC(C)C(=O)OC(C)C)Oc3ccccc3)C(O)C2(C)O)c(=S)n1. The first-order valence-corrected chi connectivity index (χ1v) is 13.4. The Morgan fingerprint density at radius 3 is 2.57 bits per heavy atom. The molecule has 3 rings (SSSR count). The van der Waals surface area contributed by atoms with E-state index in [-0.39, 0.29) is 10.5 Å². The summed E-state index contributed by atoms with van der Waals surface area (Å²) < 4.78 is 52.1. The van der Waals surface area contributed by atoms with E-state index in [1.165, 1.54) is 29.8 Å². The molecule has 11 nitrogen and oxygen atoms in total. The summed E-state index contributed by atoms with van der Waals surface area (Å²) in [7, 11) is -4.47. The molecule has 0 amide bonds. The topological polar surface area (TPSA) is 141 Å². The molecule has 14 heteroatoms. The van der Waals surface area contributed by atoms with E-state index in [2.05, 4.69) is 10.1 Å². The zero-order valence-corrected chi connectivity index (χ0v) is 22.7. The molecule has 6 unspecified atom stereocenters. The number of carbonyl (C=O) groups is 1. The number of nitrogens with one attached hydrogen (secondary N) is 1. The maximum Gasteiger partial charge on any atom is 0.459 e. The summed E-state index contributed by atoms with van der Waals surface area (Å²) in [5, 5.41) is 24.0. The fourth-order valence-corrected chi connectivity index (χ4v) is 5.38. The molecule has 37 heavy (non-hydrogen) atoms. The zero-order valence-electron chi connectivity index (χ0n) is 21.0. The third kappa shape index (κ3) is 6.80. The lowest BCUT2D eigenvalue weighted by Crippen LogP contribution is -2.49. The minimum absolute atomic E-state index is 0.0140. The highest BCUT2D eigenvalue weighted by Gasteiger charge is 2.63. The number of benzene rings is 1. The number of ether oxygens (including phenoxy) is 2. The minimum Gasteiger partial charge on any atom is -0.462 e. The molecule has 1 fully saturated rings. The van der Waals surface area contributed by atoms with Crippen LogP contribution in [0.2, 0.25) is 0 Å². The van der Waals surface area contributed by atoms with Gasteiger partial charge in [-0.2, -0.15) is 5.09 Å². The lowest BCUT2D eigenvalue weighted by molar-refractivity contribution is -0.203. The second kappa shape index (κ2) is 11.2. The van der Waals surface area contributed by atoms with Gasteiger partial charge in [0.25, 0.3) is 5.85 Å². The Bertz CT molecular complexity index is 1210. The molecule has 1 saturated heterocycles. The van der Waals surface area contributed by atoms with Gasteiger partial charge in [0.1, 0.15) is 30.1 Å². The Morgan fingerprint density at radius 2 is 1.97 bits per heavy atom. The van der Waals surface area contributed by atoms with Gasteiger partial charge >= 0.3 is 13.7 Å². The van der Waals surface area contributed by atoms with Crippen molar-refractivity contribution in [3.05, 3.63) is 53.1 Å². The molecule has 0 radical (unpaired) electrons. The second-order valence-electron chi connectivity index (χ2n) is 9.16. The first kappa shape index (κ1) is 29.3. The Balaban J connectivity index is 1.85. The molecular formula is C23H31FN3O8PS. The number of hydrogen-bond donors (Lipinski definition) is 3. The molecule has 0 spiro atoms. The fourth-order valence-electron chi connectivity index (χ4n) is 3.58. The highest BCUT2D eigenvalue weighted by Crippen LogP contribution is 2.50. The number of rotatable bonds is 10. The van der Waals surface area contributed by atoms with Crippen molar-refractivity contribution < 1.29 is 42.5 Å². The van der Waals surface area contributed by atoms with Gasteiger partial charge in [0.2, 0.25) is 4.77 Å². The second-order valence-corrected chi connectivity index (χ2v) is 11.2. The predicted octanol–water partition coefficient (Wildman–Crippen LogP) is 3.36. The molecule has 1 aliphatic heterocycles. The normalized spacial score (nSPS) is 28.0. The summed E-state index contributed by atoms with van der Waals surface area (Å²) in [6, 6.07) is 8.27. The van der Waals surface area contributed by atoms with Gasteiger partial charge in [0, 0.05) is 11.9 Å². The van der Waals surface area contributed by atoms with E-state index in [0.717, 1.165) is 6.92 Å². The molecule has 2 heterocycles. The van der Waals surface area contributed by atoms with Crippen LogP contribution in [-0.4, -0.2) is 62.0 Å². The van der Waals surface area contributed by atoms with Crippen molar-refractivity contribution in [1.29, 1.82) is 0 Å². The third-order valence-electron chi connectivity index (χ3n) is 5.45. The number of para-hydroxylation sites is 1. The molecule has 1 aliphatic rings. The maximum atomic E-state index is 16.0. The summed E-state index contributed by atoms with van der Waals surface area (Å²) in [4.78, 5) is 16.4. The molecule has 0 bridgehead atoms. The van der Waals surface area contributed by atoms with Crippen LogP contribution in [0.4, 0.5) is 4.39 Å². The molecular weight excluding hydrogens is 528 g/mol. The smallest absolute Gasteiger partial charge is 0.459 e. The summed E-state index contributed by atoms with van der Waals surface area (Å²) in [6.07, 6.45) is -2.64. The summed E-state index contributed by atoms with van der Waals surface area (Å²) in [5.41, 5.74) is -1.59.